The molecule has 0 amide bonds. The summed E-state index contributed by atoms with van der Waals surface area (Å²) in [5, 5.41) is 1.20. The molecule has 0 radical (unpaired) electrons. The van der Waals surface area contributed by atoms with E-state index in [1.807, 2.05) is 18.5 Å². The maximum absolute atomic E-state index is 4.37. The summed E-state index contributed by atoms with van der Waals surface area (Å²) >= 11 is 3.28. The third kappa shape index (κ3) is 1.78. The van der Waals surface area contributed by atoms with E-state index in [2.05, 4.69) is 23.2 Å². The molecule has 13 heavy (non-hydrogen) atoms. The van der Waals surface area contributed by atoms with Gasteiger partial charge in [0.25, 0.3) is 0 Å². The van der Waals surface area contributed by atoms with Crippen LogP contribution in [0.4, 0.5) is 0 Å². The van der Waals surface area contributed by atoms with Crippen molar-refractivity contribution in [1.82, 2.24) is 9.36 Å². The van der Waals surface area contributed by atoms with E-state index < -0.39 is 0 Å². The molecule has 68 valence electrons. The fraction of sp³-hybridized carbons (Fsp3) is 0.333. The lowest BCUT2D eigenvalue weighted by molar-refractivity contribution is 0.852. The Morgan fingerprint density at radius 1 is 1.31 bits per heavy atom. The highest BCUT2D eigenvalue weighted by atomic mass is 32.1. The van der Waals surface area contributed by atoms with Crippen LogP contribution >= 0.6 is 22.9 Å². The highest BCUT2D eigenvalue weighted by Crippen LogP contribution is 2.31. The lowest BCUT2D eigenvalue weighted by atomic mass is 10.2. The SMILES string of the molecule is CC(C)c1ncc(-c2ccns2)s1. The molecule has 0 aliphatic carbocycles. The third-order valence-corrected chi connectivity index (χ3v) is 3.94. The number of thiazole rings is 1. The molecule has 0 bridgehead atoms. The standard InChI is InChI=1S/C9H10N2S2/c1-6(2)9-10-5-8(12-9)7-3-4-11-13-7/h3-6H,1-2H3. The average Bonchev–Trinajstić information content (AvgIpc) is 2.75. The number of hydrogen-bond acceptors (Lipinski definition) is 4. The van der Waals surface area contributed by atoms with Crippen LogP contribution in [0.3, 0.4) is 0 Å². The normalized spacial score (nSPS) is 11.0. The van der Waals surface area contributed by atoms with Crippen molar-refractivity contribution in [3.05, 3.63) is 23.5 Å². The number of nitrogens with zero attached hydrogens (tertiary/aromatic N) is 2. The van der Waals surface area contributed by atoms with Gasteiger partial charge in [0.05, 0.1) is 14.8 Å². The summed E-state index contributed by atoms with van der Waals surface area (Å²) in [6.45, 7) is 4.32. The number of rotatable bonds is 2. The van der Waals surface area contributed by atoms with Crippen LogP contribution in [0.5, 0.6) is 0 Å². The molecule has 2 aromatic heterocycles. The Bertz CT molecular complexity index is 376. The van der Waals surface area contributed by atoms with Gasteiger partial charge in [0.2, 0.25) is 0 Å². The molecule has 2 aromatic rings. The number of aromatic nitrogens is 2. The van der Waals surface area contributed by atoms with Crippen LogP contribution in [0.2, 0.25) is 0 Å². The first-order valence-electron chi connectivity index (χ1n) is 4.14. The molecule has 2 heterocycles. The highest BCUT2D eigenvalue weighted by molar-refractivity contribution is 7.19. The van der Waals surface area contributed by atoms with E-state index in [1.165, 1.54) is 26.3 Å². The van der Waals surface area contributed by atoms with Crippen LogP contribution in [0.25, 0.3) is 9.75 Å². The quantitative estimate of drug-likeness (QED) is 0.759. The minimum Gasteiger partial charge on any atom is -0.249 e. The van der Waals surface area contributed by atoms with Gasteiger partial charge in [-0.25, -0.2) is 9.36 Å². The molecule has 0 aliphatic rings. The second-order valence-electron chi connectivity index (χ2n) is 3.09. The largest absolute Gasteiger partial charge is 0.249 e. The van der Waals surface area contributed by atoms with Crippen molar-refractivity contribution in [2.24, 2.45) is 0 Å². The van der Waals surface area contributed by atoms with Crippen molar-refractivity contribution in [3.8, 4) is 9.75 Å². The summed E-state index contributed by atoms with van der Waals surface area (Å²) in [5.74, 6) is 0.520. The maximum atomic E-state index is 4.37. The summed E-state index contributed by atoms with van der Waals surface area (Å²) in [5.41, 5.74) is 0. The van der Waals surface area contributed by atoms with Crippen molar-refractivity contribution in [2.45, 2.75) is 19.8 Å². The Balaban J connectivity index is 2.33. The molecule has 0 aromatic carbocycles. The van der Waals surface area contributed by atoms with Gasteiger partial charge in [-0.15, -0.1) is 11.3 Å². The predicted molar refractivity (Wildman–Crippen MR) is 57.3 cm³/mol. The topological polar surface area (TPSA) is 25.8 Å². The molecular formula is C9H10N2S2. The first-order valence-corrected chi connectivity index (χ1v) is 5.73. The van der Waals surface area contributed by atoms with E-state index in [-0.39, 0.29) is 0 Å². The molecule has 2 nitrogen and oxygen atoms in total. The van der Waals surface area contributed by atoms with E-state index in [1.54, 1.807) is 11.3 Å². The van der Waals surface area contributed by atoms with Crippen molar-refractivity contribution in [3.63, 3.8) is 0 Å². The van der Waals surface area contributed by atoms with Gasteiger partial charge in [-0.3, -0.25) is 0 Å². The van der Waals surface area contributed by atoms with Crippen LogP contribution < -0.4 is 0 Å². The second kappa shape index (κ2) is 3.55. The van der Waals surface area contributed by atoms with Gasteiger partial charge in [0, 0.05) is 18.3 Å². The molecule has 0 atom stereocenters. The molecule has 4 heteroatoms. The summed E-state index contributed by atoms with van der Waals surface area (Å²) in [6, 6.07) is 2.03. The van der Waals surface area contributed by atoms with E-state index in [4.69, 9.17) is 0 Å². The first kappa shape index (κ1) is 8.84. The van der Waals surface area contributed by atoms with Gasteiger partial charge in [0.15, 0.2) is 0 Å². The van der Waals surface area contributed by atoms with Crippen LogP contribution in [0.15, 0.2) is 18.5 Å². The van der Waals surface area contributed by atoms with Gasteiger partial charge in [-0.05, 0) is 17.6 Å². The lowest BCUT2D eigenvalue weighted by Crippen LogP contribution is -1.81. The zero-order chi connectivity index (χ0) is 9.26. The third-order valence-electron chi connectivity index (χ3n) is 1.70. The van der Waals surface area contributed by atoms with Crippen LogP contribution in [-0.4, -0.2) is 9.36 Å². The first-order chi connectivity index (χ1) is 6.27. The fourth-order valence-electron chi connectivity index (χ4n) is 1.01. The number of hydrogen-bond donors (Lipinski definition) is 0. The predicted octanol–water partition coefficient (Wildman–Crippen LogP) is 3.39. The molecule has 0 aliphatic heterocycles. The molecule has 0 saturated heterocycles. The molecular weight excluding hydrogens is 200 g/mol. The van der Waals surface area contributed by atoms with Gasteiger partial charge in [-0.2, -0.15) is 0 Å². The Morgan fingerprint density at radius 2 is 2.15 bits per heavy atom. The van der Waals surface area contributed by atoms with Crippen LogP contribution in [0.1, 0.15) is 24.8 Å². The Kier molecular flexibility index (Phi) is 2.42. The summed E-state index contributed by atoms with van der Waals surface area (Å²) < 4.78 is 4.07. The van der Waals surface area contributed by atoms with Crippen LogP contribution in [0, 0.1) is 0 Å². The molecule has 0 unspecified atom stereocenters. The van der Waals surface area contributed by atoms with Gasteiger partial charge < -0.3 is 0 Å². The fourth-order valence-corrected chi connectivity index (χ4v) is 2.59. The Hall–Kier alpha value is -0.740. The zero-order valence-corrected chi connectivity index (χ0v) is 9.15. The molecule has 0 fully saturated rings. The molecule has 0 saturated carbocycles. The van der Waals surface area contributed by atoms with Crippen molar-refractivity contribution in [2.75, 3.05) is 0 Å². The minimum atomic E-state index is 0.520. The summed E-state index contributed by atoms with van der Waals surface area (Å²) in [4.78, 5) is 6.81. The average molecular weight is 210 g/mol. The van der Waals surface area contributed by atoms with Gasteiger partial charge in [-0.1, -0.05) is 13.8 Å². The van der Waals surface area contributed by atoms with Crippen molar-refractivity contribution in [1.29, 1.82) is 0 Å². The van der Waals surface area contributed by atoms with E-state index in [0.717, 1.165) is 0 Å². The molecule has 2 rings (SSSR count). The zero-order valence-electron chi connectivity index (χ0n) is 7.52. The van der Waals surface area contributed by atoms with Crippen LogP contribution in [-0.2, 0) is 0 Å². The Morgan fingerprint density at radius 3 is 2.69 bits per heavy atom. The van der Waals surface area contributed by atoms with E-state index >= 15 is 0 Å². The molecule has 0 spiro atoms. The Labute approximate surface area is 85.4 Å². The highest BCUT2D eigenvalue weighted by Gasteiger charge is 2.07. The minimum absolute atomic E-state index is 0.520. The van der Waals surface area contributed by atoms with Gasteiger partial charge in [0.1, 0.15) is 0 Å². The van der Waals surface area contributed by atoms with E-state index in [0.29, 0.717) is 5.92 Å². The lowest BCUT2D eigenvalue weighted by Gasteiger charge is -1.94. The monoisotopic (exact) mass is 210 g/mol. The van der Waals surface area contributed by atoms with E-state index in [9.17, 15) is 0 Å². The summed E-state index contributed by atoms with van der Waals surface area (Å²) in [6.07, 6.45) is 3.77. The smallest absolute Gasteiger partial charge is 0.0956 e. The van der Waals surface area contributed by atoms with Crippen molar-refractivity contribution < 1.29 is 0 Å². The van der Waals surface area contributed by atoms with Gasteiger partial charge >= 0.3 is 0 Å². The second-order valence-corrected chi connectivity index (χ2v) is 4.99. The van der Waals surface area contributed by atoms with Crippen molar-refractivity contribution >= 4 is 22.9 Å². The summed E-state index contributed by atoms with van der Waals surface area (Å²) in [7, 11) is 0. The molecule has 0 N–H and O–H groups in total. The maximum Gasteiger partial charge on any atom is 0.0956 e.